The van der Waals surface area contributed by atoms with Crippen LogP contribution in [-0.2, 0) is 0 Å². The van der Waals surface area contributed by atoms with Crippen LogP contribution in [0.25, 0.3) is 0 Å². The topological polar surface area (TPSA) is 0 Å². The summed E-state index contributed by atoms with van der Waals surface area (Å²) in [5.41, 5.74) is 0. The predicted molar refractivity (Wildman–Crippen MR) is 58.9 cm³/mol. The minimum atomic E-state index is -4.66. The maximum atomic E-state index is 13.1. The number of hydrogen-bond acceptors (Lipinski definition) is 0. The van der Waals surface area contributed by atoms with Crippen LogP contribution in [0.15, 0.2) is 0 Å². The van der Waals surface area contributed by atoms with E-state index in [1.165, 1.54) is 0 Å². The van der Waals surface area contributed by atoms with Gasteiger partial charge in [0.25, 0.3) is 0 Å². The molecule has 0 aliphatic carbocycles. The normalized spacial score (nSPS) is 15.5. The fraction of sp³-hybridized carbons (Fsp3) is 1.00. The molecule has 0 bridgehead atoms. The Bertz CT molecular complexity index is 271. The Kier molecular flexibility index (Phi) is 8.35. The Hall–Kier alpha value is 0.440. The van der Waals surface area contributed by atoms with Crippen molar-refractivity contribution in [2.24, 2.45) is 0 Å². The van der Waals surface area contributed by atoms with Gasteiger partial charge in [-0.05, 0) is 0 Å². The number of rotatable bonds is 9. The molecule has 0 saturated heterocycles. The Balaban J connectivity index is 3.76. The van der Waals surface area contributed by atoms with E-state index in [2.05, 4.69) is 0 Å². The molecule has 0 rings (SSSR count). The summed E-state index contributed by atoms with van der Waals surface area (Å²) in [6.07, 6.45) is -8.02. The first-order valence-electron chi connectivity index (χ1n) is 6.34. The molecule has 0 aliphatic heterocycles. The summed E-state index contributed by atoms with van der Waals surface area (Å²) >= 11 is -1.14. The van der Waals surface area contributed by atoms with E-state index >= 15 is 0 Å². The van der Waals surface area contributed by atoms with Gasteiger partial charge >= 0.3 is 129 Å². The van der Waals surface area contributed by atoms with Crippen molar-refractivity contribution >= 4 is 27.9 Å². The molecule has 1 unspecified atom stereocenters. The number of alkyl halides is 8. The number of halogens is 8. The van der Waals surface area contributed by atoms with Crippen LogP contribution in [0.4, 0.5) is 35.1 Å². The Morgan fingerprint density at radius 2 is 1.20 bits per heavy atom. The van der Waals surface area contributed by atoms with Crippen molar-refractivity contribution < 1.29 is 35.1 Å². The molecule has 0 saturated carbocycles. The average Bonchev–Trinajstić information content (AvgIpc) is 2.24. The summed E-state index contributed by atoms with van der Waals surface area (Å²) in [6, 6.07) is 0. The van der Waals surface area contributed by atoms with Gasteiger partial charge in [0.15, 0.2) is 0 Å². The van der Waals surface area contributed by atoms with E-state index in [4.69, 9.17) is 0 Å². The molecule has 0 heterocycles. The third-order valence-corrected chi connectivity index (χ3v) is 3.56. The molecule has 0 aromatic heterocycles. The van der Waals surface area contributed by atoms with E-state index in [1.54, 1.807) is 0 Å². The van der Waals surface area contributed by atoms with Gasteiger partial charge in [0.1, 0.15) is 0 Å². The van der Waals surface area contributed by atoms with Crippen LogP contribution in [0.3, 0.4) is 0 Å². The van der Waals surface area contributed by atoms with E-state index < -0.39 is 62.2 Å². The molecule has 0 aromatic carbocycles. The predicted octanol–water partition coefficient (Wildman–Crippen LogP) is 5.01. The number of hydrogen-bond donors (Lipinski definition) is 0. The second-order valence-corrected chi connectivity index (χ2v) is 6.16. The standard InChI is InChI=1S/C11H15F8.Na/c12-8(11(18,19)9(13)14)6-4-2-1-3-5-7-10(15,16)17;/h8H,1-7H2;. The van der Waals surface area contributed by atoms with Gasteiger partial charge in [-0.25, -0.2) is 0 Å². The van der Waals surface area contributed by atoms with Crippen molar-refractivity contribution in [2.45, 2.75) is 66.4 Å². The van der Waals surface area contributed by atoms with Crippen LogP contribution in [0.5, 0.6) is 0 Å². The summed E-state index contributed by atoms with van der Waals surface area (Å²) in [6.45, 7) is 0. The first-order chi connectivity index (χ1) is 8.88. The van der Waals surface area contributed by atoms with Crippen molar-refractivity contribution in [3.8, 4) is 0 Å². The van der Waals surface area contributed by atoms with Crippen molar-refractivity contribution in [1.29, 1.82) is 0 Å². The first-order valence-corrected chi connectivity index (χ1v) is 7.34. The molecule has 0 nitrogen and oxygen atoms in total. The van der Waals surface area contributed by atoms with Crippen LogP contribution >= 0.6 is 0 Å². The van der Waals surface area contributed by atoms with Crippen LogP contribution in [-0.4, -0.2) is 49.4 Å². The summed E-state index contributed by atoms with van der Waals surface area (Å²) < 4.78 is 94.8. The molecule has 0 N–H and O–H groups in total. The van der Waals surface area contributed by atoms with E-state index in [-0.39, 0.29) is 25.7 Å². The van der Waals surface area contributed by atoms with Gasteiger partial charge in [0.2, 0.25) is 0 Å². The molecule has 0 spiro atoms. The van der Waals surface area contributed by atoms with Gasteiger partial charge < -0.3 is 0 Å². The third-order valence-electron chi connectivity index (χ3n) is 2.90. The maximum absolute atomic E-state index is 13.1. The SMILES string of the molecule is FC(CCCCCCCC(F)(F)F)C(F)(F)[C](F)(F)[Na]. The molecule has 0 amide bonds. The van der Waals surface area contributed by atoms with Gasteiger partial charge in [-0.2, -0.15) is 0 Å². The second kappa shape index (κ2) is 8.17. The summed E-state index contributed by atoms with van der Waals surface area (Å²) in [5, 5.41) is 0. The Morgan fingerprint density at radius 1 is 0.750 bits per heavy atom. The zero-order chi connectivity index (χ0) is 16.0. The molecule has 20 heavy (non-hydrogen) atoms. The van der Waals surface area contributed by atoms with Gasteiger partial charge in [0, 0.05) is 0 Å². The van der Waals surface area contributed by atoms with E-state index in [0.29, 0.717) is 6.42 Å². The summed E-state index contributed by atoms with van der Waals surface area (Å²) in [4.78, 5) is 0. The molecular formula is C11H15F8Na. The van der Waals surface area contributed by atoms with Crippen LogP contribution in [0.2, 0.25) is 0 Å². The first kappa shape index (κ1) is 20.4. The van der Waals surface area contributed by atoms with Crippen molar-refractivity contribution in [2.75, 3.05) is 0 Å². The van der Waals surface area contributed by atoms with Crippen LogP contribution < -0.4 is 0 Å². The van der Waals surface area contributed by atoms with Gasteiger partial charge in [-0.15, -0.1) is 0 Å². The van der Waals surface area contributed by atoms with Crippen LogP contribution in [0, 0.1) is 0 Å². The quantitative estimate of drug-likeness (QED) is 0.318. The fourth-order valence-corrected chi connectivity index (χ4v) is 1.95. The molecule has 0 aliphatic rings. The molecule has 0 aromatic rings. The second-order valence-electron chi connectivity index (χ2n) is 4.90. The Labute approximate surface area is 129 Å². The zero-order valence-corrected chi connectivity index (χ0v) is 13.1. The van der Waals surface area contributed by atoms with E-state index in [0.717, 1.165) is 0 Å². The molecule has 0 fully saturated rings. The van der Waals surface area contributed by atoms with Crippen LogP contribution in [0.1, 0.15) is 44.9 Å². The summed E-state index contributed by atoms with van der Waals surface area (Å²) in [5.74, 6) is -4.66. The van der Waals surface area contributed by atoms with E-state index in [1.807, 2.05) is 0 Å². The zero-order valence-electron chi connectivity index (χ0n) is 11.1. The molecule has 9 heteroatoms. The molecule has 1 atom stereocenters. The summed E-state index contributed by atoms with van der Waals surface area (Å²) in [7, 11) is 0. The molecule has 0 radical (unpaired) electrons. The fourth-order valence-electron chi connectivity index (χ4n) is 1.64. The Morgan fingerprint density at radius 3 is 1.65 bits per heavy atom. The van der Waals surface area contributed by atoms with Gasteiger partial charge in [0.05, 0.1) is 0 Å². The van der Waals surface area contributed by atoms with Crippen molar-refractivity contribution in [3.63, 3.8) is 0 Å². The minimum absolute atomic E-state index is 0.0413. The number of unbranched alkanes of at least 4 members (excludes halogenated alkanes) is 4. The van der Waals surface area contributed by atoms with Crippen molar-refractivity contribution in [1.82, 2.24) is 0 Å². The average molecular weight is 322 g/mol. The third kappa shape index (κ3) is 8.02. The monoisotopic (exact) mass is 322 g/mol. The van der Waals surface area contributed by atoms with Gasteiger partial charge in [-0.3, -0.25) is 0 Å². The van der Waals surface area contributed by atoms with Crippen molar-refractivity contribution in [3.05, 3.63) is 0 Å². The van der Waals surface area contributed by atoms with Gasteiger partial charge in [-0.1, -0.05) is 0 Å². The molecule has 116 valence electrons. The molecular weight excluding hydrogens is 307 g/mol. The van der Waals surface area contributed by atoms with E-state index in [9.17, 15) is 35.1 Å².